The first kappa shape index (κ1) is 26.7. The zero-order valence-electron chi connectivity index (χ0n) is 20.4. The molecule has 0 spiro atoms. The predicted molar refractivity (Wildman–Crippen MR) is 122 cm³/mol. The van der Waals surface area contributed by atoms with Crippen molar-refractivity contribution < 1.29 is 47.3 Å². The summed E-state index contributed by atoms with van der Waals surface area (Å²) in [7, 11) is 0. The summed E-state index contributed by atoms with van der Waals surface area (Å²) in [4.78, 5) is 59.0. The Hall–Kier alpha value is -3.93. The van der Waals surface area contributed by atoms with E-state index in [0.717, 1.165) is 13.8 Å². The van der Waals surface area contributed by atoms with Gasteiger partial charge in [0.1, 0.15) is 30.1 Å². The second-order valence-electron chi connectivity index (χ2n) is 8.24. The summed E-state index contributed by atoms with van der Waals surface area (Å²) in [5, 5.41) is 3.30. The number of hydrogen-bond acceptors (Lipinski definition) is 11. The van der Waals surface area contributed by atoms with E-state index in [-0.39, 0.29) is 17.9 Å². The van der Waals surface area contributed by atoms with Gasteiger partial charge in [-0.25, -0.2) is 4.79 Å². The van der Waals surface area contributed by atoms with Gasteiger partial charge in [-0.15, -0.1) is 0 Å². The highest BCUT2D eigenvalue weighted by molar-refractivity contribution is 5.81. The fraction of sp³-hybridized carbons (Fsp3) is 0.458. The molecule has 1 aliphatic rings. The maximum absolute atomic E-state index is 12.0. The van der Waals surface area contributed by atoms with E-state index < -0.39 is 60.1 Å². The largest absolute Gasteiger partial charge is 0.463 e. The molecule has 1 N–H and O–H groups in total. The fourth-order valence-electron chi connectivity index (χ4n) is 3.90. The van der Waals surface area contributed by atoms with Crippen LogP contribution >= 0.6 is 0 Å². The summed E-state index contributed by atoms with van der Waals surface area (Å²) in [5.41, 5.74) is 0.427. The summed E-state index contributed by atoms with van der Waals surface area (Å²) in [5.74, 6) is -2.35. The lowest BCUT2D eigenvalue weighted by molar-refractivity contribution is -0.257. The Morgan fingerprint density at radius 3 is 2.22 bits per heavy atom. The first-order valence-corrected chi connectivity index (χ1v) is 11.1. The second-order valence-corrected chi connectivity index (χ2v) is 8.24. The van der Waals surface area contributed by atoms with Crippen LogP contribution in [0.5, 0.6) is 5.75 Å². The molecule has 0 unspecified atom stereocenters. The normalized spacial score (nSPS) is 23.4. The highest BCUT2D eigenvalue weighted by Crippen LogP contribution is 2.30. The van der Waals surface area contributed by atoms with Gasteiger partial charge in [0, 0.05) is 45.2 Å². The van der Waals surface area contributed by atoms with Crippen molar-refractivity contribution in [3.63, 3.8) is 0 Å². The Morgan fingerprint density at radius 2 is 1.61 bits per heavy atom. The van der Waals surface area contributed by atoms with Gasteiger partial charge >= 0.3 is 23.5 Å². The SMILES string of the molecule is CC(=O)N[C@H]1[C@H](Oc2ccc3c(C)cc(=O)oc3c2)O[C@H](COC(C)=O)[C@H](OC(C)=O)[C@@H]1OC(C)=O. The average molecular weight is 505 g/mol. The molecule has 1 fully saturated rings. The molecular weight excluding hydrogens is 478 g/mol. The van der Waals surface area contributed by atoms with Crippen LogP contribution in [0.25, 0.3) is 11.0 Å². The first-order chi connectivity index (χ1) is 16.9. The number of aryl methyl sites for hydroxylation is 1. The summed E-state index contributed by atoms with van der Waals surface area (Å²) >= 11 is 0. The number of rotatable bonds is 7. The van der Waals surface area contributed by atoms with E-state index in [4.69, 9.17) is 28.1 Å². The summed E-state index contributed by atoms with van der Waals surface area (Å²) in [6, 6.07) is 4.98. The molecule has 2 heterocycles. The van der Waals surface area contributed by atoms with Crippen LogP contribution in [0.1, 0.15) is 33.3 Å². The summed E-state index contributed by atoms with van der Waals surface area (Å²) in [6.07, 6.45) is -4.90. The van der Waals surface area contributed by atoms with E-state index in [9.17, 15) is 24.0 Å². The van der Waals surface area contributed by atoms with Gasteiger partial charge in [0.05, 0.1) is 0 Å². The van der Waals surface area contributed by atoms with Crippen molar-refractivity contribution in [2.24, 2.45) is 0 Å². The van der Waals surface area contributed by atoms with Crippen molar-refractivity contribution in [2.75, 3.05) is 6.61 Å². The van der Waals surface area contributed by atoms with Gasteiger partial charge in [-0.3, -0.25) is 19.2 Å². The highest BCUT2D eigenvalue weighted by Gasteiger charge is 2.52. The maximum atomic E-state index is 12.0. The molecule has 0 saturated carbocycles. The van der Waals surface area contributed by atoms with Crippen LogP contribution in [0.3, 0.4) is 0 Å². The van der Waals surface area contributed by atoms with E-state index in [0.29, 0.717) is 10.9 Å². The highest BCUT2D eigenvalue weighted by atomic mass is 16.7. The smallest absolute Gasteiger partial charge is 0.336 e. The Kier molecular flexibility index (Phi) is 8.30. The quantitative estimate of drug-likeness (QED) is 0.327. The van der Waals surface area contributed by atoms with Crippen LogP contribution in [0.15, 0.2) is 33.5 Å². The van der Waals surface area contributed by atoms with Gasteiger partial charge in [-0.1, -0.05) is 0 Å². The van der Waals surface area contributed by atoms with Crippen molar-refractivity contribution >= 4 is 34.8 Å². The molecule has 0 bridgehead atoms. The molecule has 3 rings (SSSR count). The van der Waals surface area contributed by atoms with Crippen LogP contribution < -0.4 is 15.7 Å². The molecule has 0 aliphatic carbocycles. The van der Waals surface area contributed by atoms with E-state index in [1.54, 1.807) is 19.1 Å². The number of ether oxygens (including phenoxy) is 5. The van der Waals surface area contributed by atoms with Crippen molar-refractivity contribution in [1.29, 1.82) is 0 Å². The van der Waals surface area contributed by atoms with Gasteiger partial charge < -0.3 is 33.4 Å². The van der Waals surface area contributed by atoms with Crippen molar-refractivity contribution in [3.05, 3.63) is 40.2 Å². The van der Waals surface area contributed by atoms with Crippen molar-refractivity contribution in [3.8, 4) is 5.75 Å². The third-order valence-corrected chi connectivity index (χ3v) is 5.25. The number of carbonyl (C=O) groups excluding carboxylic acids is 4. The predicted octanol–water partition coefficient (Wildman–Crippen LogP) is 1.14. The molecule has 1 aliphatic heterocycles. The lowest BCUT2D eigenvalue weighted by Gasteiger charge is -2.44. The number of carbonyl (C=O) groups is 4. The zero-order valence-corrected chi connectivity index (χ0v) is 20.4. The van der Waals surface area contributed by atoms with Gasteiger partial charge in [0.2, 0.25) is 12.2 Å². The second kappa shape index (κ2) is 11.2. The van der Waals surface area contributed by atoms with Gasteiger partial charge in [0.25, 0.3) is 0 Å². The molecule has 2 aromatic rings. The number of fused-ring (bicyclic) bond motifs is 1. The lowest BCUT2D eigenvalue weighted by atomic mass is 9.96. The number of amides is 1. The average Bonchev–Trinajstić information content (AvgIpc) is 2.75. The monoisotopic (exact) mass is 505 g/mol. The van der Waals surface area contributed by atoms with Crippen LogP contribution in [-0.2, 0) is 38.1 Å². The molecule has 1 aromatic carbocycles. The fourth-order valence-corrected chi connectivity index (χ4v) is 3.90. The van der Waals surface area contributed by atoms with Gasteiger partial charge in [0.15, 0.2) is 12.2 Å². The summed E-state index contributed by atoms with van der Waals surface area (Å²) in [6.45, 7) is 6.12. The van der Waals surface area contributed by atoms with Crippen molar-refractivity contribution in [2.45, 2.75) is 65.3 Å². The number of nitrogens with one attached hydrogen (secondary N) is 1. The molecule has 194 valence electrons. The Labute approximate surface area is 205 Å². The van der Waals surface area contributed by atoms with Gasteiger partial charge in [-0.05, 0) is 24.6 Å². The van der Waals surface area contributed by atoms with Crippen molar-refractivity contribution in [1.82, 2.24) is 5.32 Å². The molecule has 5 atom stereocenters. The topological polar surface area (TPSA) is 157 Å². The minimum atomic E-state index is -1.29. The Balaban J connectivity index is 2.02. The van der Waals surface area contributed by atoms with E-state index in [1.807, 2.05) is 0 Å². The van der Waals surface area contributed by atoms with Gasteiger partial charge in [-0.2, -0.15) is 0 Å². The summed E-state index contributed by atoms with van der Waals surface area (Å²) < 4.78 is 33.1. The lowest BCUT2D eigenvalue weighted by Crippen LogP contribution is -2.67. The molecule has 36 heavy (non-hydrogen) atoms. The molecular formula is C24H27NO11. The standard InChI is InChI=1S/C24H27NO11/c1-11-8-20(30)35-18-9-16(6-7-17(11)18)34-24-21(25-12(2)26)23(33-15(5)29)22(32-14(4)28)19(36-24)10-31-13(3)27/h6-9,19,21-24H,10H2,1-5H3,(H,25,26)/t19-,21-,22+,23-,24-/m1/s1. The minimum Gasteiger partial charge on any atom is -0.463 e. The molecule has 1 aromatic heterocycles. The van der Waals surface area contributed by atoms with Crippen LogP contribution in [0, 0.1) is 6.92 Å². The number of hydrogen-bond donors (Lipinski definition) is 1. The Morgan fingerprint density at radius 1 is 0.944 bits per heavy atom. The van der Waals surface area contributed by atoms with Crippen LogP contribution in [0.2, 0.25) is 0 Å². The molecule has 1 amide bonds. The van der Waals surface area contributed by atoms with Crippen LogP contribution in [0.4, 0.5) is 0 Å². The maximum Gasteiger partial charge on any atom is 0.336 e. The third kappa shape index (κ3) is 6.60. The van der Waals surface area contributed by atoms with Crippen LogP contribution in [-0.4, -0.2) is 61.1 Å². The molecule has 0 radical (unpaired) electrons. The molecule has 12 heteroatoms. The van der Waals surface area contributed by atoms with E-state index in [2.05, 4.69) is 5.32 Å². The van der Waals surface area contributed by atoms with E-state index in [1.165, 1.54) is 26.0 Å². The third-order valence-electron chi connectivity index (χ3n) is 5.25. The number of esters is 3. The van der Waals surface area contributed by atoms with E-state index >= 15 is 0 Å². The number of benzene rings is 1. The minimum absolute atomic E-state index is 0.204. The zero-order chi connectivity index (χ0) is 26.6. The Bertz CT molecular complexity index is 1220. The first-order valence-electron chi connectivity index (χ1n) is 11.1. The molecule has 12 nitrogen and oxygen atoms in total. The molecule has 1 saturated heterocycles.